The van der Waals surface area contributed by atoms with Gasteiger partial charge in [-0.15, -0.1) is 0 Å². The van der Waals surface area contributed by atoms with Crippen LogP contribution in [0.1, 0.15) is 21.7 Å². The molecule has 0 fully saturated rings. The molecule has 0 atom stereocenters. The average molecular weight is 465 g/mol. The van der Waals surface area contributed by atoms with E-state index in [1.165, 1.54) is 42.5 Å². The first-order valence-electron chi connectivity index (χ1n) is 10.1. The number of benzene rings is 3. The van der Waals surface area contributed by atoms with Gasteiger partial charge in [-0.25, -0.2) is 17.5 Å². The number of nitrogens with zero attached hydrogens (tertiary/aromatic N) is 2. The third kappa shape index (κ3) is 4.63. The van der Waals surface area contributed by atoms with Gasteiger partial charge in [0.25, 0.3) is 15.9 Å². The molecular formula is C24H21FN4O3S. The molecule has 0 saturated carbocycles. The number of carbonyl (C=O) groups is 1. The maximum atomic E-state index is 13.9. The molecule has 7 nitrogen and oxygen atoms in total. The van der Waals surface area contributed by atoms with Crippen molar-refractivity contribution in [3.8, 4) is 5.69 Å². The second-order valence-corrected chi connectivity index (χ2v) is 9.04. The van der Waals surface area contributed by atoms with Crippen molar-refractivity contribution in [1.82, 2.24) is 9.78 Å². The predicted molar refractivity (Wildman–Crippen MR) is 125 cm³/mol. The lowest BCUT2D eigenvalue weighted by atomic mass is 10.2. The Morgan fingerprint density at radius 2 is 1.64 bits per heavy atom. The molecular weight excluding hydrogens is 443 g/mol. The van der Waals surface area contributed by atoms with E-state index < -0.39 is 21.7 Å². The van der Waals surface area contributed by atoms with Crippen LogP contribution in [0.15, 0.2) is 83.8 Å². The van der Waals surface area contributed by atoms with Crippen LogP contribution in [-0.4, -0.2) is 24.1 Å². The number of anilines is 2. The first-order valence-corrected chi connectivity index (χ1v) is 11.5. The van der Waals surface area contributed by atoms with Crippen molar-refractivity contribution in [2.75, 3.05) is 10.0 Å². The van der Waals surface area contributed by atoms with E-state index in [4.69, 9.17) is 0 Å². The molecule has 33 heavy (non-hydrogen) atoms. The summed E-state index contributed by atoms with van der Waals surface area (Å²) in [6.07, 6.45) is 0. The molecule has 1 amide bonds. The van der Waals surface area contributed by atoms with Crippen LogP contribution < -0.4 is 10.0 Å². The predicted octanol–water partition coefficient (Wildman–Crippen LogP) is 4.68. The Labute approximate surface area is 190 Å². The van der Waals surface area contributed by atoms with Crippen LogP contribution in [0.5, 0.6) is 0 Å². The number of aryl methyl sites for hydroxylation is 1. The molecule has 1 heterocycles. The number of para-hydroxylation sites is 2. The van der Waals surface area contributed by atoms with Crippen LogP contribution in [0.3, 0.4) is 0 Å². The molecule has 0 saturated heterocycles. The number of nitrogens with one attached hydrogen (secondary N) is 2. The van der Waals surface area contributed by atoms with Crippen LogP contribution in [0.2, 0.25) is 0 Å². The molecule has 0 bridgehead atoms. The summed E-state index contributed by atoms with van der Waals surface area (Å²) in [4.78, 5) is 12.8. The van der Waals surface area contributed by atoms with Gasteiger partial charge in [0.05, 0.1) is 33.3 Å². The zero-order chi connectivity index (χ0) is 23.6. The summed E-state index contributed by atoms with van der Waals surface area (Å²) in [6.45, 7) is 3.61. The lowest BCUT2D eigenvalue weighted by Crippen LogP contribution is -2.17. The Morgan fingerprint density at radius 1 is 0.939 bits per heavy atom. The van der Waals surface area contributed by atoms with Gasteiger partial charge in [0.2, 0.25) is 0 Å². The minimum absolute atomic E-state index is 0.137. The molecule has 168 valence electrons. The van der Waals surface area contributed by atoms with Crippen LogP contribution >= 0.6 is 0 Å². The smallest absolute Gasteiger partial charge is 0.262 e. The third-order valence-electron chi connectivity index (χ3n) is 5.06. The van der Waals surface area contributed by atoms with Gasteiger partial charge in [0.1, 0.15) is 5.82 Å². The van der Waals surface area contributed by atoms with Crippen molar-refractivity contribution in [3.63, 3.8) is 0 Å². The monoisotopic (exact) mass is 464 g/mol. The molecule has 0 aliphatic rings. The van der Waals surface area contributed by atoms with E-state index in [2.05, 4.69) is 15.1 Å². The van der Waals surface area contributed by atoms with Crippen molar-refractivity contribution in [2.45, 2.75) is 18.7 Å². The highest BCUT2D eigenvalue weighted by Gasteiger charge is 2.20. The van der Waals surface area contributed by atoms with Gasteiger partial charge in [0, 0.05) is 5.56 Å². The van der Waals surface area contributed by atoms with E-state index in [0.717, 1.165) is 17.4 Å². The highest BCUT2D eigenvalue weighted by atomic mass is 32.2. The fourth-order valence-electron chi connectivity index (χ4n) is 3.38. The summed E-state index contributed by atoms with van der Waals surface area (Å²) >= 11 is 0. The fraction of sp³-hybridized carbons (Fsp3) is 0.0833. The van der Waals surface area contributed by atoms with Gasteiger partial charge in [-0.05, 0) is 56.3 Å². The topological polar surface area (TPSA) is 93.1 Å². The molecule has 9 heteroatoms. The lowest BCUT2D eigenvalue weighted by Gasteiger charge is -2.11. The second-order valence-electron chi connectivity index (χ2n) is 7.36. The van der Waals surface area contributed by atoms with E-state index in [1.807, 2.05) is 37.3 Å². The first kappa shape index (κ1) is 22.2. The summed E-state index contributed by atoms with van der Waals surface area (Å²) in [5.41, 5.74) is 2.71. The molecule has 0 spiro atoms. The number of hydrogen-bond acceptors (Lipinski definition) is 4. The van der Waals surface area contributed by atoms with Crippen molar-refractivity contribution < 1.29 is 17.6 Å². The molecule has 1 aromatic heterocycles. The number of amides is 1. The number of rotatable bonds is 6. The first-order chi connectivity index (χ1) is 15.8. The SMILES string of the molecule is Cc1nn(-c2ccccc2)c(C)c1NC(=O)c1cccc(S(=O)(=O)Nc2ccccc2F)c1. The Bertz CT molecular complexity index is 1430. The largest absolute Gasteiger partial charge is 0.319 e. The number of halogens is 1. The van der Waals surface area contributed by atoms with Crippen molar-refractivity contribution >= 4 is 27.3 Å². The average Bonchev–Trinajstić information content (AvgIpc) is 3.09. The number of aromatic nitrogens is 2. The quantitative estimate of drug-likeness (QED) is 0.433. The summed E-state index contributed by atoms with van der Waals surface area (Å²) in [5, 5.41) is 7.32. The Balaban J connectivity index is 1.59. The summed E-state index contributed by atoms with van der Waals surface area (Å²) in [7, 11) is -4.10. The highest BCUT2D eigenvalue weighted by molar-refractivity contribution is 7.92. The fourth-order valence-corrected chi connectivity index (χ4v) is 4.49. The molecule has 4 rings (SSSR count). The molecule has 2 N–H and O–H groups in total. The van der Waals surface area contributed by atoms with E-state index in [1.54, 1.807) is 11.6 Å². The van der Waals surface area contributed by atoms with Gasteiger partial charge in [-0.1, -0.05) is 36.4 Å². The van der Waals surface area contributed by atoms with Gasteiger partial charge in [-0.2, -0.15) is 5.10 Å². The lowest BCUT2D eigenvalue weighted by molar-refractivity contribution is 0.102. The molecule has 0 aliphatic heterocycles. The van der Waals surface area contributed by atoms with Crippen LogP contribution in [0.4, 0.5) is 15.8 Å². The normalized spacial score (nSPS) is 11.2. The Kier molecular flexibility index (Phi) is 5.97. The van der Waals surface area contributed by atoms with Crippen molar-refractivity contribution in [1.29, 1.82) is 0 Å². The van der Waals surface area contributed by atoms with E-state index in [0.29, 0.717) is 11.4 Å². The number of sulfonamides is 1. The second kappa shape index (κ2) is 8.87. The Hall–Kier alpha value is -3.98. The minimum Gasteiger partial charge on any atom is -0.319 e. The van der Waals surface area contributed by atoms with Gasteiger partial charge < -0.3 is 5.32 Å². The zero-order valence-corrected chi connectivity index (χ0v) is 18.7. The maximum absolute atomic E-state index is 13.9. The van der Waals surface area contributed by atoms with Gasteiger partial charge in [-0.3, -0.25) is 9.52 Å². The molecule has 3 aromatic carbocycles. The van der Waals surface area contributed by atoms with Crippen LogP contribution in [-0.2, 0) is 10.0 Å². The van der Waals surface area contributed by atoms with Crippen LogP contribution in [0, 0.1) is 19.7 Å². The molecule has 0 unspecified atom stereocenters. The van der Waals surface area contributed by atoms with Crippen molar-refractivity contribution in [2.24, 2.45) is 0 Å². The molecule has 4 aromatic rings. The maximum Gasteiger partial charge on any atom is 0.262 e. The summed E-state index contributed by atoms with van der Waals surface area (Å²) in [6, 6.07) is 20.5. The summed E-state index contributed by atoms with van der Waals surface area (Å²) < 4.78 is 43.3. The molecule has 0 aliphatic carbocycles. The standard InChI is InChI=1S/C24H21FN4O3S/c1-16-23(17(2)29(27-16)19-10-4-3-5-11-19)26-24(30)18-9-8-12-20(15-18)33(31,32)28-22-14-7-6-13-21(22)25/h3-15,28H,1-2H3,(H,26,30). The summed E-state index contributed by atoms with van der Waals surface area (Å²) in [5.74, 6) is -1.19. The highest BCUT2D eigenvalue weighted by Crippen LogP contribution is 2.24. The van der Waals surface area contributed by atoms with Crippen LogP contribution in [0.25, 0.3) is 5.69 Å². The minimum atomic E-state index is -4.10. The third-order valence-corrected chi connectivity index (χ3v) is 6.42. The van der Waals surface area contributed by atoms with Crippen molar-refractivity contribution in [3.05, 3.63) is 102 Å². The van der Waals surface area contributed by atoms with E-state index in [9.17, 15) is 17.6 Å². The number of carbonyl (C=O) groups excluding carboxylic acids is 1. The van der Waals surface area contributed by atoms with E-state index >= 15 is 0 Å². The number of hydrogen-bond donors (Lipinski definition) is 2. The zero-order valence-electron chi connectivity index (χ0n) is 17.9. The Morgan fingerprint density at radius 3 is 2.36 bits per heavy atom. The van der Waals surface area contributed by atoms with E-state index in [-0.39, 0.29) is 16.1 Å². The van der Waals surface area contributed by atoms with Gasteiger partial charge in [0.15, 0.2) is 0 Å². The van der Waals surface area contributed by atoms with Gasteiger partial charge >= 0.3 is 0 Å². The molecule has 0 radical (unpaired) electrons.